The lowest BCUT2D eigenvalue weighted by atomic mass is 9.92. The Hall–Kier alpha value is -1.29. The number of thioether (sulfide) groups is 1. The average Bonchev–Trinajstić information content (AvgIpc) is 2.71. The second kappa shape index (κ2) is 5.37. The molecule has 102 valence electrons. The van der Waals surface area contributed by atoms with Crippen LogP contribution in [0.2, 0.25) is 0 Å². The molecule has 1 amide bonds. The van der Waals surface area contributed by atoms with E-state index in [1.807, 2.05) is 35.2 Å². The van der Waals surface area contributed by atoms with Crippen molar-refractivity contribution >= 4 is 22.8 Å². The fourth-order valence-corrected chi connectivity index (χ4v) is 3.45. The van der Waals surface area contributed by atoms with Gasteiger partial charge in [0.25, 0.3) is 0 Å². The summed E-state index contributed by atoms with van der Waals surface area (Å²) in [6.07, 6.45) is 0.459. The van der Waals surface area contributed by atoms with Gasteiger partial charge in [-0.15, -0.1) is 0 Å². The molecule has 1 heterocycles. The molecule has 19 heavy (non-hydrogen) atoms. The normalized spacial score (nSPS) is 19.8. The first-order valence-corrected chi connectivity index (χ1v) is 7.32. The molecule has 0 bridgehead atoms. The molecule has 1 aromatic carbocycles. The molecule has 3 nitrogen and oxygen atoms in total. The molecule has 1 fully saturated rings. The lowest BCUT2D eigenvalue weighted by Gasteiger charge is -2.36. The van der Waals surface area contributed by atoms with Gasteiger partial charge in [-0.2, -0.15) is 0 Å². The summed E-state index contributed by atoms with van der Waals surface area (Å²) in [6.45, 7) is 6.31. The van der Waals surface area contributed by atoms with Crippen LogP contribution in [0.4, 0.5) is 0 Å². The van der Waals surface area contributed by atoms with Gasteiger partial charge in [0.2, 0.25) is 5.91 Å². The number of benzene rings is 1. The average molecular weight is 277 g/mol. The Morgan fingerprint density at radius 2 is 1.95 bits per heavy atom. The van der Waals surface area contributed by atoms with Crippen molar-refractivity contribution in [2.75, 3.05) is 6.54 Å². The van der Waals surface area contributed by atoms with E-state index in [1.165, 1.54) is 11.8 Å². The molecule has 1 unspecified atom stereocenters. The molecule has 1 aliphatic heterocycles. The highest BCUT2D eigenvalue weighted by molar-refractivity contribution is 8.14. The maximum absolute atomic E-state index is 12.2. The van der Waals surface area contributed by atoms with E-state index in [9.17, 15) is 9.59 Å². The molecule has 0 aromatic heterocycles. The van der Waals surface area contributed by atoms with Crippen molar-refractivity contribution in [1.29, 1.82) is 0 Å². The largest absolute Gasteiger partial charge is 0.332 e. The van der Waals surface area contributed by atoms with Gasteiger partial charge in [0, 0.05) is 25.1 Å². The molecule has 4 heteroatoms. The highest BCUT2D eigenvalue weighted by Crippen LogP contribution is 2.35. The number of hydrogen-bond acceptors (Lipinski definition) is 3. The van der Waals surface area contributed by atoms with Crippen LogP contribution in [0.3, 0.4) is 0 Å². The minimum Gasteiger partial charge on any atom is -0.332 e. The van der Waals surface area contributed by atoms with E-state index in [2.05, 4.69) is 13.8 Å². The molecule has 0 saturated carbocycles. The fraction of sp³-hybridized carbons (Fsp3) is 0.467. The summed E-state index contributed by atoms with van der Waals surface area (Å²) in [5.41, 5.74) is 0.793. The molecule has 0 spiro atoms. The minimum atomic E-state index is -0.329. The monoisotopic (exact) mass is 277 g/mol. The molecule has 1 saturated heterocycles. The second-order valence-electron chi connectivity index (χ2n) is 5.36. The SMILES string of the molecule is CC(=O)SC1CC(=O)N(C(C)(C)c2ccccc2)C1. The minimum absolute atomic E-state index is 0.0807. The van der Waals surface area contributed by atoms with Gasteiger partial charge in [-0.1, -0.05) is 42.1 Å². The molecule has 1 atom stereocenters. The summed E-state index contributed by atoms with van der Waals surface area (Å²) in [5, 5.41) is 0.171. The van der Waals surface area contributed by atoms with E-state index >= 15 is 0 Å². The third-order valence-electron chi connectivity index (χ3n) is 3.58. The van der Waals surface area contributed by atoms with Crippen LogP contribution in [0, 0.1) is 0 Å². The van der Waals surface area contributed by atoms with E-state index in [0.29, 0.717) is 13.0 Å². The first-order chi connectivity index (χ1) is 8.91. The Balaban J connectivity index is 2.18. The molecule has 0 radical (unpaired) electrons. The van der Waals surface area contributed by atoms with Gasteiger partial charge in [0.1, 0.15) is 0 Å². The summed E-state index contributed by atoms with van der Waals surface area (Å²) >= 11 is 1.28. The first-order valence-electron chi connectivity index (χ1n) is 6.44. The van der Waals surface area contributed by atoms with Gasteiger partial charge < -0.3 is 4.90 Å². The van der Waals surface area contributed by atoms with Crippen molar-refractivity contribution in [3.63, 3.8) is 0 Å². The van der Waals surface area contributed by atoms with Crippen LogP contribution in [0.15, 0.2) is 30.3 Å². The third-order valence-corrected chi connectivity index (χ3v) is 4.56. The quantitative estimate of drug-likeness (QED) is 0.852. The van der Waals surface area contributed by atoms with Crippen molar-refractivity contribution in [2.45, 2.75) is 38.0 Å². The number of rotatable bonds is 3. The summed E-state index contributed by atoms with van der Waals surface area (Å²) in [4.78, 5) is 25.2. The van der Waals surface area contributed by atoms with Crippen LogP contribution in [0.1, 0.15) is 32.8 Å². The van der Waals surface area contributed by atoms with Crippen LogP contribution in [-0.4, -0.2) is 27.7 Å². The Labute approximate surface area is 118 Å². The predicted molar refractivity (Wildman–Crippen MR) is 77.9 cm³/mol. The maximum Gasteiger partial charge on any atom is 0.224 e. The van der Waals surface area contributed by atoms with E-state index in [0.717, 1.165) is 5.56 Å². The number of carbonyl (C=O) groups is 2. The Morgan fingerprint density at radius 3 is 2.53 bits per heavy atom. The first kappa shape index (κ1) is 14.1. The summed E-state index contributed by atoms with van der Waals surface area (Å²) in [7, 11) is 0. The number of likely N-dealkylation sites (tertiary alicyclic amines) is 1. The Morgan fingerprint density at radius 1 is 1.32 bits per heavy atom. The van der Waals surface area contributed by atoms with E-state index in [-0.39, 0.29) is 21.8 Å². The van der Waals surface area contributed by atoms with Gasteiger partial charge in [0.05, 0.1) is 5.54 Å². The van der Waals surface area contributed by atoms with E-state index in [4.69, 9.17) is 0 Å². The lowest BCUT2D eigenvalue weighted by Crippen LogP contribution is -2.42. The van der Waals surface area contributed by atoms with Gasteiger partial charge in [-0.25, -0.2) is 0 Å². The zero-order valence-electron chi connectivity index (χ0n) is 11.6. The molecular formula is C15H19NO2S. The molecular weight excluding hydrogens is 258 g/mol. The van der Waals surface area contributed by atoms with Crippen molar-refractivity contribution in [3.05, 3.63) is 35.9 Å². The number of nitrogens with zero attached hydrogens (tertiary/aromatic N) is 1. The topological polar surface area (TPSA) is 37.4 Å². The highest BCUT2D eigenvalue weighted by Gasteiger charge is 2.40. The summed E-state index contributed by atoms with van der Waals surface area (Å²) in [6, 6.07) is 10.0. The summed E-state index contributed by atoms with van der Waals surface area (Å²) in [5.74, 6) is 0.132. The Bertz CT molecular complexity index is 484. The van der Waals surface area contributed by atoms with Gasteiger partial charge in [-0.05, 0) is 19.4 Å². The molecule has 0 aliphatic carbocycles. The van der Waals surface area contributed by atoms with Crippen LogP contribution >= 0.6 is 11.8 Å². The predicted octanol–water partition coefficient (Wildman–Crippen LogP) is 2.80. The Kier molecular flexibility index (Phi) is 3.99. The zero-order chi connectivity index (χ0) is 14.0. The standard InChI is InChI=1S/C15H19NO2S/c1-11(17)19-13-9-14(18)16(10-13)15(2,3)12-7-5-4-6-8-12/h4-8,13H,9-10H2,1-3H3. The van der Waals surface area contributed by atoms with Gasteiger partial charge in [0.15, 0.2) is 5.12 Å². The number of carbonyl (C=O) groups excluding carboxylic acids is 2. The number of hydrogen-bond donors (Lipinski definition) is 0. The van der Waals surface area contributed by atoms with Crippen molar-refractivity contribution in [1.82, 2.24) is 4.90 Å². The highest BCUT2D eigenvalue weighted by atomic mass is 32.2. The van der Waals surface area contributed by atoms with Crippen LogP contribution < -0.4 is 0 Å². The third kappa shape index (κ3) is 3.00. The molecule has 2 rings (SSSR count). The van der Waals surface area contributed by atoms with Crippen LogP contribution in [-0.2, 0) is 15.1 Å². The number of amides is 1. The summed E-state index contributed by atoms with van der Waals surface area (Å²) < 4.78 is 0. The second-order valence-corrected chi connectivity index (χ2v) is 6.84. The molecule has 1 aliphatic rings. The van der Waals surface area contributed by atoms with E-state index in [1.54, 1.807) is 6.92 Å². The lowest BCUT2D eigenvalue weighted by molar-refractivity contribution is -0.132. The van der Waals surface area contributed by atoms with Crippen molar-refractivity contribution in [2.24, 2.45) is 0 Å². The zero-order valence-corrected chi connectivity index (χ0v) is 12.4. The molecule has 0 N–H and O–H groups in total. The van der Waals surface area contributed by atoms with Crippen LogP contribution in [0.25, 0.3) is 0 Å². The smallest absolute Gasteiger partial charge is 0.224 e. The van der Waals surface area contributed by atoms with Crippen LogP contribution in [0.5, 0.6) is 0 Å². The van der Waals surface area contributed by atoms with Crippen molar-refractivity contribution in [3.8, 4) is 0 Å². The van der Waals surface area contributed by atoms with Crippen molar-refractivity contribution < 1.29 is 9.59 Å². The van der Waals surface area contributed by atoms with E-state index < -0.39 is 0 Å². The fourth-order valence-electron chi connectivity index (χ4n) is 2.53. The molecule has 1 aromatic rings. The van der Waals surface area contributed by atoms with Gasteiger partial charge >= 0.3 is 0 Å². The van der Waals surface area contributed by atoms with Gasteiger partial charge in [-0.3, -0.25) is 9.59 Å². The maximum atomic E-state index is 12.2.